The Balaban J connectivity index is 2.88. The van der Waals surface area contributed by atoms with Gasteiger partial charge in [0, 0.05) is 12.4 Å². The molecular weight excluding hydrogens is 238 g/mol. The van der Waals surface area contributed by atoms with E-state index < -0.39 is 30.4 Å². The lowest BCUT2D eigenvalue weighted by Crippen LogP contribution is -2.27. The summed E-state index contributed by atoms with van der Waals surface area (Å²) in [5, 5.41) is 18.8. The quantitative estimate of drug-likeness (QED) is 0.727. The predicted molar refractivity (Wildman–Crippen MR) is 61.6 cm³/mol. The molecule has 0 aromatic carbocycles. The fraction of sp³-hybridized carbons (Fsp3) is 0.417. The van der Waals surface area contributed by atoms with E-state index in [-0.39, 0.29) is 6.61 Å². The number of rotatable bonds is 6. The van der Waals surface area contributed by atoms with Crippen molar-refractivity contribution in [2.75, 3.05) is 6.61 Å². The molecule has 1 heterocycles. The normalized spacial score (nSPS) is 13.7. The Hall–Kier alpha value is -1.95. The van der Waals surface area contributed by atoms with Crippen molar-refractivity contribution in [2.24, 2.45) is 5.92 Å². The molecule has 1 rings (SSSR count). The number of esters is 1. The minimum atomic E-state index is -1.24. The van der Waals surface area contributed by atoms with Crippen molar-refractivity contribution in [3.8, 4) is 0 Å². The van der Waals surface area contributed by atoms with Crippen LogP contribution >= 0.6 is 0 Å². The third-order valence-electron chi connectivity index (χ3n) is 2.39. The van der Waals surface area contributed by atoms with Crippen molar-refractivity contribution in [3.63, 3.8) is 0 Å². The van der Waals surface area contributed by atoms with E-state index in [4.69, 9.17) is 9.84 Å². The molecule has 0 saturated carbocycles. The van der Waals surface area contributed by atoms with Crippen molar-refractivity contribution in [1.82, 2.24) is 4.98 Å². The summed E-state index contributed by atoms with van der Waals surface area (Å²) in [6, 6.07) is 3.17. The Morgan fingerprint density at radius 3 is 2.72 bits per heavy atom. The fourth-order valence-corrected chi connectivity index (χ4v) is 1.54. The molecular formula is C12H15NO5. The maximum absolute atomic E-state index is 11.6. The van der Waals surface area contributed by atoms with Crippen molar-refractivity contribution < 1.29 is 24.5 Å². The van der Waals surface area contributed by atoms with Crippen LogP contribution in [0.15, 0.2) is 24.5 Å². The second-order valence-corrected chi connectivity index (χ2v) is 3.69. The molecule has 0 aliphatic carbocycles. The van der Waals surface area contributed by atoms with Crippen LogP contribution in [-0.2, 0) is 14.3 Å². The minimum Gasteiger partial charge on any atom is -0.481 e. The number of hydrogen-bond donors (Lipinski definition) is 2. The van der Waals surface area contributed by atoms with E-state index in [1.807, 2.05) is 0 Å². The second-order valence-electron chi connectivity index (χ2n) is 3.69. The van der Waals surface area contributed by atoms with Gasteiger partial charge in [0.05, 0.1) is 25.0 Å². The standard InChI is InChI=1S/C12H15NO5/c1-2-18-12(17)9(6-10(14)15)11(16)8-4-3-5-13-7-8/h3-5,7,9,11,16H,2,6H2,1H3,(H,14,15). The van der Waals surface area contributed by atoms with Gasteiger partial charge in [0.15, 0.2) is 0 Å². The molecule has 2 unspecified atom stereocenters. The van der Waals surface area contributed by atoms with E-state index in [9.17, 15) is 14.7 Å². The SMILES string of the molecule is CCOC(=O)C(CC(=O)O)C(O)c1cccnc1. The van der Waals surface area contributed by atoms with Gasteiger partial charge in [-0.3, -0.25) is 14.6 Å². The van der Waals surface area contributed by atoms with Gasteiger partial charge in [-0.2, -0.15) is 0 Å². The first-order chi connectivity index (χ1) is 8.56. The highest BCUT2D eigenvalue weighted by Gasteiger charge is 2.31. The fourth-order valence-electron chi connectivity index (χ4n) is 1.54. The molecule has 0 aliphatic heterocycles. The van der Waals surface area contributed by atoms with Crippen molar-refractivity contribution in [2.45, 2.75) is 19.4 Å². The van der Waals surface area contributed by atoms with Crippen molar-refractivity contribution in [3.05, 3.63) is 30.1 Å². The number of aliphatic carboxylic acids is 1. The van der Waals surface area contributed by atoms with Gasteiger partial charge in [-0.15, -0.1) is 0 Å². The van der Waals surface area contributed by atoms with Gasteiger partial charge in [0.2, 0.25) is 0 Å². The van der Waals surface area contributed by atoms with Crippen LogP contribution in [0.2, 0.25) is 0 Å². The van der Waals surface area contributed by atoms with Gasteiger partial charge in [0.25, 0.3) is 0 Å². The number of carboxylic acids is 1. The molecule has 0 aliphatic rings. The smallest absolute Gasteiger partial charge is 0.312 e. The molecule has 6 heteroatoms. The molecule has 0 saturated heterocycles. The van der Waals surface area contributed by atoms with E-state index in [1.54, 1.807) is 19.1 Å². The Morgan fingerprint density at radius 2 is 2.22 bits per heavy atom. The third-order valence-corrected chi connectivity index (χ3v) is 2.39. The number of carboxylic acid groups (broad SMARTS) is 1. The summed E-state index contributed by atoms with van der Waals surface area (Å²) in [7, 11) is 0. The Morgan fingerprint density at radius 1 is 1.50 bits per heavy atom. The highest BCUT2D eigenvalue weighted by atomic mass is 16.5. The lowest BCUT2D eigenvalue weighted by Gasteiger charge is -2.19. The van der Waals surface area contributed by atoms with Crippen LogP contribution in [0.1, 0.15) is 25.0 Å². The van der Waals surface area contributed by atoms with Crippen LogP contribution in [0.25, 0.3) is 0 Å². The number of aromatic nitrogens is 1. The summed E-state index contributed by atoms with van der Waals surface area (Å²) < 4.78 is 4.76. The average molecular weight is 253 g/mol. The van der Waals surface area contributed by atoms with Crippen LogP contribution < -0.4 is 0 Å². The largest absolute Gasteiger partial charge is 0.481 e. The van der Waals surface area contributed by atoms with Crippen molar-refractivity contribution >= 4 is 11.9 Å². The molecule has 0 amide bonds. The molecule has 0 bridgehead atoms. The van der Waals surface area contributed by atoms with E-state index in [0.717, 1.165) is 0 Å². The molecule has 2 N–H and O–H groups in total. The van der Waals surface area contributed by atoms with Gasteiger partial charge in [0.1, 0.15) is 0 Å². The highest BCUT2D eigenvalue weighted by Crippen LogP contribution is 2.25. The topological polar surface area (TPSA) is 96.7 Å². The Labute approximate surface area is 104 Å². The zero-order chi connectivity index (χ0) is 13.5. The molecule has 1 aromatic rings. The minimum absolute atomic E-state index is 0.134. The maximum atomic E-state index is 11.6. The van der Waals surface area contributed by atoms with Crippen LogP contribution in [0.3, 0.4) is 0 Å². The third kappa shape index (κ3) is 3.81. The number of carbonyl (C=O) groups is 2. The Kier molecular flexibility index (Phi) is 5.26. The summed E-state index contributed by atoms with van der Waals surface area (Å²) in [5.41, 5.74) is 0.386. The highest BCUT2D eigenvalue weighted by molar-refractivity contribution is 5.79. The predicted octanol–water partition coefficient (Wildman–Crippen LogP) is 0.769. The average Bonchev–Trinajstić information content (AvgIpc) is 2.36. The molecule has 1 aromatic heterocycles. The van der Waals surface area contributed by atoms with E-state index in [2.05, 4.69) is 4.98 Å². The van der Waals surface area contributed by atoms with E-state index in [1.165, 1.54) is 12.4 Å². The zero-order valence-electron chi connectivity index (χ0n) is 9.94. The van der Waals surface area contributed by atoms with Crippen LogP contribution in [0.5, 0.6) is 0 Å². The van der Waals surface area contributed by atoms with Crippen LogP contribution in [0.4, 0.5) is 0 Å². The molecule has 0 fully saturated rings. The van der Waals surface area contributed by atoms with E-state index >= 15 is 0 Å². The van der Waals surface area contributed by atoms with Gasteiger partial charge < -0.3 is 14.9 Å². The van der Waals surface area contributed by atoms with Gasteiger partial charge in [-0.1, -0.05) is 6.07 Å². The molecule has 2 atom stereocenters. The molecule has 18 heavy (non-hydrogen) atoms. The Bertz CT molecular complexity index is 406. The summed E-state index contributed by atoms with van der Waals surface area (Å²) in [4.78, 5) is 26.2. The monoisotopic (exact) mass is 253 g/mol. The number of ether oxygens (including phenoxy) is 1. The molecule has 98 valence electrons. The molecule has 6 nitrogen and oxygen atoms in total. The molecule has 0 radical (unpaired) electrons. The van der Waals surface area contributed by atoms with Crippen molar-refractivity contribution in [1.29, 1.82) is 0 Å². The van der Waals surface area contributed by atoms with Gasteiger partial charge >= 0.3 is 11.9 Å². The first-order valence-corrected chi connectivity index (χ1v) is 5.52. The number of hydrogen-bond acceptors (Lipinski definition) is 5. The summed E-state index contributed by atoms with van der Waals surface area (Å²) in [6.45, 7) is 1.75. The van der Waals surface area contributed by atoms with E-state index in [0.29, 0.717) is 5.56 Å². The summed E-state index contributed by atoms with van der Waals surface area (Å²) >= 11 is 0. The zero-order valence-corrected chi connectivity index (χ0v) is 9.94. The second kappa shape index (κ2) is 6.70. The van der Waals surface area contributed by atoms with Gasteiger partial charge in [-0.25, -0.2) is 0 Å². The number of pyridine rings is 1. The lowest BCUT2D eigenvalue weighted by atomic mass is 9.94. The lowest BCUT2D eigenvalue weighted by molar-refractivity contribution is -0.157. The number of aliphatic hydroxyl groups is 1. The van der Waals surface area contributed by atoms with Crippen LogP contribution in [0, 0.1) is 5.92 Å². The molecule has 0 spiro atoms. The number of carbonyl (C=O) groups excluding carboxylic acids is 1. The van der Waals surface area contributed by atoms with Crippen LogP contribution in [-0.4, -0.2) is 33.7 Å². The number of nitrogens with zero attached hydrogens (tertiary/aromatic N) is 1. The number of aliphatic hydroxyl groups excluding tert-OH is 1. The van der Waals surface area contributed by atoms with Gasteiger partial charge in [-0.05, 0) is 18.6 Å². The first kappa shape index (κ1) is 14.1. The summed E-state index contributed by atoms with van der Waals surface area (Å²) in [5.74, 6) is -3.03. The summed E-state index contributed by atoms with van der Waals surface area (Å²) in [6.07, 6.45) is 1.18. The first-order valence-electron chi connectivity index (χ1n) is 5.52. The maximum Gasteiger partial charge on any atom is 0.312 e.